The van der Waals surface area contributed by atoms with Gasteiger partial charge in [0.25, 0.3) is 0 Å². The number of oxime groups is 1. The van der Waals surface area contributed by atoms with Gasteiger partial charge < -0.3 is 15.8 Å². The number of aromatic nitrogens is 1. The number of hydrogen-bond acceptors (Lipinski definition) is 6. The van der Waals surface area contributed by atoms with Gasteiger partial charge >= 0.3 is 0 Å². The van der Waals surface area contributed by atoms with Crippen molar-refractivity contribution in [2.24, 2.45) is 10.9 Å². The number of amidine groups is 1. The Labute approximate surface area is 112 Å². The zero-order valence-corrected chi connectivity index (χ0v) is 11.8. The minimum atomic E-state index is -3.35. The Balaban J connectivity index is 3.06. The highest BCUT2D eigenvalue weighted by Gasteiger charge is 2.18. The zero-order valence-electron chi connectivity index (χ0n) is 10.9. The van der Waals surface area contributed by atoms with Crippen LogP contribution in [0.5, 0.6) is 0 Å². The molecule has 1 heterocycles. The quantitative estimate of drug-likeness (QED) is 0.340. The van der Waals surface area contributed by atoms with Crippen molar-refractivity contribution in [1.82, 2.24) is 4.98 Å². The first-order valence-corrected chi connectivity index (χ1v) is 7.65. The van der Waals surface area contributed by atoms with E-state index in [0.29, 0.717) is 25.3 Å². The molecule has 0 aliphatic rings. The lowest BCUT2D eigenvalue weighted by Gasteiger charge is -2.23. The van der Waals surface area contributed by atoms with E-state index in [0.717, 1.165) is 6.26 Å². The van der Waals surface area contributed by atoms with E-state index in [2.05, 4.69) is 10.1 Å². The number of pyridine rings is 1. The molecule has 7 nitrogen and oxygen atoms in total. The molecule has 0 atom stereocenters. The van der Waals surface area contributed by atoms with Crippen LogP contribution < -0.4 is 10.6 Å². The fraction of sp³-hybridized carbons (Fsp3) is 0.455. The van der Waals surface area contributed by atoms with Crippen LogP contribution in [0.15, 0.2) is 28.4 Å². The van der Waals surface area contributed by atoms with Gasteiger partial charge in [-0.25, -0.2) is 13.4 Å². The van der Waals surface area contributed by atoms with E-state index in [4.69, 9.17) is 10.9 Å². The molecular formula is C11H18N4O3S. The van der Waals surface area contributed by atoms with Crippen LogP contribution in [0.1, 0.15) is 13.3 Å². The molecule has 19 heavy (non-hydrogen) atoms. The monoisotopic (exact) mass is 286 g/mol. The summed E-state index contributed by atoms with van der Waals surface area (Å²) in [7, 11) is -3.35. The van der Waals surface area contributed by atoms with Gasteiger partial charge in [-0.05, 0) is 19.1 Å². The predicted molar refractivity (Wildman–Crippen MR) is 73.3 cm³/mol. The smallest absolute Gasteiger partial charge is 0.179 e. The highest BCUT2D eigenvalue weighted by molar-refractivity contribution is 7.90. The van der Waals surface area contributed by atoms with Gasteiger partial charge in [0.05, 0.1) is 0 Å². The number of nitrogens with zero attached hydrogens (tertiary/aromatic N) is 3. The fourth-order valence-electron chi connectivity index (χ4n) is 1.62. The van der Waals surface area contributed by atoms with Gasteiger partial charge in [0.1, 0.15) is 16.5 Å². The van der Waals surface area contributed by atoms with Crippen LogP contribution in [-0.4, -0.2) is 43.8 Å². The molecule has 0 fully saturated rings. The lowest BCUT2D eigenvalue weighted by atomic mass is 10.3. The second kappa shape index (κ2) is 6.37. The Hall–Kier alpha value is -1.83. The summed E-state index contributed by atoms with van der Waals surface area (Å²) in [6.07, 6.45) is 3.01. The van der Waals surface area contributed by atoms with E-state index in [9.17, 15) is 8.42 Å². The van der Waals surface area contributed by atoms with E-state index >= 15 is 0 Å². The molecule has 3 N–H and O–H groups in total. The molecular weight excluding hydrogens is 268 g/mol. The van der Waals surface area contributed by atoms with Crippen molar-refractivity contribution in [3.63, 3.8) is 0 Å². The Bertz CT molecular complexity index is 557. The fourth-order valence-corrected chi connectivity index (χ4v) is 2.46. The van der Waals surface area contributed by atoms with Gasteiger partial charge in [-0.15, -0.1) is 0 Å². The normalized spacial score (nSPS) is 12.4. The van der Waals surface area contributed by atoms with Crippen LogP contribution in [0, 0.1) is 0 Å². The van der Waals surface area contributed by atoms with E-state index in [1.807, 2.05) is 6.92 Å². The first-order valence-electron chi connectivity index (χ1n) is 5.76. The van der Waals surface area contributed by atoms with Crippen LogP contribution in [0.4, 0.5) is 5.82 Å². The summed E-state index contributed by atoms with van der Waals surface area (Å²) in [6, 6.07) is 3.10. The van der Waals surface area contributed by atoms with Crippen molar-refractivity contribution >= 4 is 21.5 Å². The largest absolute Gasteiger partial charge is 0.409 e. The molecule has 0 saturated carbocycles. The number of anilines is 1. The Kier molecular flexibility index (Phi) is 5.11. The number of hydrogen-bond donors (Lipinski definition) is 2. The van der Waals surface area contributed by atoms with Crippen LogP contribution in [0.3, 0.4) is 0 Å². The number of nitrogens with two attached hydrogens (primary N) is 1. The van der Waals surface area contributed by atoms with Gasteiger partial charge in [-0.2, -0.15) is 0 Å². The summed E-state index contributed by atoms with van der Waals surface area (Å²) in [5.41, 5.74) is 5.41. The van der Waals surface area contributed by atoms with Crippen LogP contribution >= 0.6 is 0 Å². The molecule has 0 spiro atoms. The average Bonchev–Trinajstić information content (AvgIpc) is 2.38. The summed E-state index contributed by atoms with van der Waals surface area (Å²) in [4.78, 5) is 6.07. The molecule has 0 aromatic carbocycles. The maximum atomic E-state index is 11.7. The van der Waals surface area contributed by atoms with Crippen molar-refractivity contribution in [3.8, 4) is 0 Å². The van der Waals surface area contributed by atoms with Crippen LogP contribution in [0.2, 0.25) is 0 Å². The van der Waals surface area contributed by atoms with Gasteiger partial charge in [-0.1, -0.05) is 5.16 Å². The molecule has 8 heteroatoms. The minimum Gasteiger partial charge on any atom is -0.409 e. The zero-order chi connectivity index (χ0) is 14.5. The maximum Gasteiger partial charge on any atom is 0.179 e. The second-order valence-electron chi connectivity index (χ2n) is 4.02. The van der Waals surface area contributed by atoms with Crippen molar-refractivity contribution < 1.29 is 13.6 Å². The third kappa shape index (κ3) is 4.09. The lowest BCUT2D eigenvalue weighted by Crippen LogP contribution is -2.30. The van der Waals surface area contributed by atoms with E-state index in [-0.39, 0.29) is 10.7 Å². The lowest BCUT2D eigenvalue weighted by molar-refractivity contribution is 0.317. The first kappa shape index (κ1) is 15.2. The van der Waals surface area contributed by atoms with E-state index < -0.39 is 9.84 Å². The Morgan fingerprint density at radius 1 is 1.58 bits per heavy atom. The van der Waals surface area contributed by atoms with Gasteiger partial charge in [0, 0.05) is 32.0 Å². The highest BCUT2D eigenvalue weighted by Crippen LogP contribution is 2.22. The SMILES string of the molecule is CCN(CC/C(N)=N/O)c1ncccc1S(C)(=O)=O. The van der Waals surface area contributed by atoms with Crippen molar-refractivity contribution in [2.45, 2.75) is 18.2 Å². The van der Waals surface area contributed by atoms with Crippen LogP contribution in [0.25, 0.3) is 0 Å². The summed E-state index contributed by atoms with van der Waals surface area (Å²) in [5.74, 6) is 0.480. The van der Waals surface area contributed by atoms with Crippen LogP contribution in [-0.2, 0) is 9.84 Å². The Morgan fingerprint density at radius 2 is 2.26 bits per heavy atom. The third-order valence-electron chi connectivity index (χ3n) is 2.60. The molecule has 0 bridgehead atoms. The predicted octanol–water partition coefficient (Wildman–Crippen LogP) is 0.448. The summed E-state index contributed by atoms with van der Waals surface area (Å²) < 4.78 is 23.4. The van der Waals surface area contributed by atoms with E-state index in [1.54, 1.807) is 11.0 Å². The number of sulfone groups is 1. The molecule has 1 rings (SSSR count). The van der Waals surface area contributed by atoms with Crippen molar-refractivity contribution in [1.29, 1.82) is 0 Å². The highest BCUT2D eigenvalue weighted by atomic mass is 32.2. The Morgan fingerprint density at radius 3 is 2.79 bits per heavy atom. The molecule has 0 radical (unpaired) electrons. The first-order chi connectivity index (χ1) is 8.90. The molecule has 0 aliphatic carbocycles. The van der Waals surface area contributed by atoms with Gasteiger partial charge in [0.15, 0.2) is 9.84 Å². The summed E-state index contributed by atoms with van der Waals surface area (Å²) in [5, 5.41) is 11.4. The molecule has 106 valence electrons. The molecule has 0 amide bonds. The third-order valence-corrected chi connectivity index (χ3v) is 3.72. The number of rotatable bonds is 6. The van der Waals surface area contributed by atoms with Gasteiger partial charge in [-0.3, -0.25) is 0 Å². The molecule has 1 aromatic heterocycles. The molecule has 0 unspecified atom stereocenters. The molecule has 0 saturated heterocycles. The van der Waals surface area contributed by atoms with E-state index in [1.165, 1.54) is 12.3 Å². The topological polar surface area (TPSA) is 109 Å². The molecule has 0 aliphatic heterocycles. The van der Waals surface area contributed by atoms with Crippen molar-refractivity contribution in [2.75, 3.05) is 24.2 Å². The maximum absolute atomic E-state index is 11.7. The minimum absolute atomic E-state index is 0.0929. The summed E-state index contributed by atoms with van der Waals surface area (Å²) >= 11 is 0. The standard InChI is InChI=1S/C11H18N4O3S/c1-3-15(8-6-10(12)14-16)11-9(19(2,17)18)5-4-7-13-11/h4-5,7,16H,3,6,8H2,1-2H3,(H2,12,14). The summed E-state index contributed by atoms with van der Waals surface area (Å²) in [6.45, 7) is 2.87. The molecule has 1 aromatic rings. The second-order valence-corrected chi connectivity index (χ2v) is 6.00. The van der Waals surface area contributed by atoms with Gasteiger partial charge in [0.2, 0.25) is 0 Å². The average molecular weight is 286 g/mol. The van der Waals surface area contributed by atoms with Crippen molar-refractivity contribution in [3.05, 3.63) is 18.3 Å².